The van der Waals surface area contributed by atoms with E-state index >= 15 is 0 Å². The van der Waals surface area contributed by atoms with Crippen molar-refractivity contribution in [3.05, 3.63) is 0 Å². The summed E-state index contributed by atoms with van der Waals surface area (Å²) in [5, 5.41) is 13.2. The van der Waals surface area contributed by atoms with E-state index in [1.807, 2.05) is 4.90 Å². The highest BCUT2D eigenvalue weighted by molar-refractivity contribution is 5.74. The number of aliphatic hydroxyl groups is 1. The number of aliphatic hydroxyl groups excluding tert-OH is 1. The monoisotopic (exact) mass is 368 g/mol. The van der Waals surface area contributed by atoms with Crippen LogP contribution in [0.3, 0.4) is 0 Å². The molecule has 2 N–H and O–H groups in total. The van der Waals surface area contributed by atoms with Crippen LogP contribution in [0, 0.1) is 5.41 Å². The second-order valence-electron chi connectivity index (χ2n) is 9.36. The van der Waals surface area contributed by atoms with Crippen LogP contribution in [0.15, 0.2) is 0 Å². The molecule has 2 unspecified atom stereocenters. The van der Waals surface area contributed by atoms with E-state index in [0.717, 1.165) is 45.2 Å². The molecular weight excluding hydrogens is 324 g/mol. The Hall–Kier alpha value is -0.770. The molecule has 0 bridgehead atoms. The molecule has 0 saturated heterocycles. The first-order chi connectivity index (χ1) is 12.3. The highest BCUT2D eigenvalue weighted by atomic mass is 16.3. The Kier molecular flexibility index (Phi) is 11.3. The lowest BCUT2D eigenvalue weighted by molar-refractivity contribution is 0.0877. The molecule has 4 nitrogen and oxygen atoms in total. The van der Waals surface area contributed by atoms with Gasteiger partial charge in [-0.2, -0.15) is 0 Å². The van der Waals surface area contributed by atoms with Gasteiger partial charge in [-0.15, -0.1) is 0 Å². The molecule has 0 aromatic heterocycles. The number of nitrogens with one attached hydrogen (secondary N) is 1. The lowest BCUT2D eigenvalue weighted by Crippen LogP contribution is -2.52. The summed E-state index contributed by atoms with van der Waals surface area (Å²) in [7, 11) is 0. The SMILES string of the molecule is CCCCCCCCCCN(CC(C)(C)C)C(=O)NC1CCCCC1O. The zero-order valence-electron chi connectivity index (χ0n) is 17.9. The van der Waals surface area contributed by atoms with Gasteiger partial charge in [0.05, 0.1) is 12.1 Å². The third-order valence-electron chi connectivity index (χ3n) is 5.27. The van der Waals surface area contributed by atoms with Crippen LogP contribution in [0.25, 0.3) is 0 Å². The Morgan fingerprint density at radius 3 is 2.15 bits per heavy atom. The van der Waals surface area contributed by atoms with E-state index in [1.54, 1.807) is 0 Å². The molecule has 1 fully saturated rings. The Morgan fingerprint density at radius 1 is 1.00 bits per heavy atom. The maximum Gasteiger partial charge on any atom is 0.317 e. The molecule has 2 atom stereocenters. The molecular formula is C22H44N2O2. The van der Waals surface area contributed by atoms with Gasteiger partial charge in [0.15, 0.2) is 0 Å². The van der Waals surface area contributed by atoms with E-state index < -0.39 is 0 Å². The van der Waals surface area contributed by atoms with Crippen LogP contribution in [0.4, 0.5) is 4.79 Å². The average molecular weight is 369 g/mol. The molecule has 26 heavy (non-hydrogen) atoms. The van der Waals surface area contributed by atoms with Gasteiger partial charge in [-0.25, -0.2) is 4.79 Å². The molecule has 1 saturated carbocycles. The van der Waals surface area contributed by atoms with Crippen LogP contribution in [0.2, 0.25) is 0 Å². The first-order valence-electron chi connectivity index (χ1n) is 11.1. The predicted molar refractivity (Wildman–Crippen MR) is 110 cm³/mol. The van der Waals surface area contributed by atoms with E-state index in [4.69, 9.17) is 0 Å². The summed E-state index contributed by atoms with van der Waals surface area (Å²) in [6.45, 7) is 10.4. The molecule has 154 valence electrons. The van der Waals surface area contributed by atoms with Crippen LogP contribution >= 0.6 is 0 Å². The van der Waals surface area contributed by atoms with Gasteiger partial charge in [0.25, 0.3) is 0 Å². The van der Waals surface area contributed by atoms with Gasteiger partial charge < -0.3 is 15.3 Å². The first-order valence-corrected chi connectivity index (χ1v) is 11.1. The van der Waals surface area contributed by atoms with Crippen molar-refractivity contribution in [2.75, 3.05) is 13.1 Å². The minimum atomic E-state index is -0.382. The highest BCUT2D eigenvalue weighted by Crippen LogP contribution is 2.20. The van der Waals surface area contributed by atoms with Crippen molar-refractivity contribution in [3.63, 3.8) is 0 Å². The molecule has 1 aliphatic rings. The van der Waals surface area contributed by atoms with E-state index in [0.29, 0.717) is 0 Å². The minimum absolute atomic E-state index is 0.00817. The number of amides is 2. The van der Waals surface area contributed by atoms with Gasteiger partial charge in [-0.05, 0) is 24.7 Å². The molecule has 0 heterocycles. The third kappa shape index (κ3) is 10.4. The quantitative estimate of drug-likeness (QED) is 0.474. The molecule has 1 rings (SSSR count). The normalized spacial score (nSPS) is 20.8. The van der Waals surface area contributed by atoms with Crippen molar-refractivity contribution in [1.29, 1.82) is 0 Å². The molecule has 0 radical (unpaired) electrons. The first kappa shape index (κ1) is 23.3. The van der Waals surface area contributed by atoms with E-state index in [2.05, 4.69) is 33.0 Å². The number of urea groups is 1. The smallest absolute Gasteiger partial charge is 0.317 e. The number of nitrogens with zero attached hydrogens (tertiary/aromatic N) is 1. The fourth-order valence-electron chi connectivity index (χ4n) is 3.79. The van der Waals surface area contributed by atoms with Gasteiger partial charge in [0, 0.05) is 13.1 Å². The van der Waals surface area contributed by atoms with Crippen LogP contribution in [-0.2, 0) is 0 Å². The molecule has 2 amide bonds. The van der Waals surface area contributed by atoms with Crippen molar-refractivity contribution in [1.82, 2.24) is 10.2 Å². The van der Waals surface area contributed by atoms with Crippen molar-refractivity contribution in [2.24, 2.45) is 5.41 Å². The topological polar surface area (TPSA) is 52.6 Å². The zero-order chi connectivity index (χ0) is 19.4. The number of rotatable bonds is 11. The molecule has 0 aromatic rings. The minimum Gasteiger partial charge on any atom is -0.391 e. The maximum absolute atomic E-state index is 12.8. The summed E-state index contributed by atoms with van der Waals surface area (Å²) in [4.78, 5) is 14.7. The summed E-state index contributed by atoms with van der Waals surface area (Å²) >= 11 is 0. The van der Waals surface area contributed by atoms with Crippen molar-refractivity contribution in [3.8, 4) is 0 Å². The lowest BCUT2D eigenvalue weighted by Gasteiger charge is -2.34. The second kappa shape index (κ2) is 12.6. The van der Waals surface area contributed by atoms with E-state index in [1.165, 1.54) is 44.9 Å². The third-order valence-corrected chi connectivity index (χ3v) is 5.27. The van der Waals surface area contributed by atoms with Crippen LogP contribution in [-0.4, -0.2) is 41.3 Å². The average Bonchev–Trinajstić information content (AvgIpc) is 2.57. The fourth-order valence-corrected chi connectivity index (χ4v) is 3.79. The number of carbonyl (C=O) groups is 1. The largest absolute Gasteiger partial charge is 0.391 e. The van der Waals surface area contributed by atoms with Crippen molar-refractivity contribution < 1.29 is 9.90 Å². The number of hydrogen-bond acceptors (Lipinski definition) is 2. The standard InChI is InChI=1S/C22H44N2O2/c1-5-6-7-8-9-10-11-14-17-24(18-22(2,3)4)21(26)23-19-15-12-13-16-20(19)25/h19-20,25H,5-18H2,1-4H3,(H,23,26). The Balaban J connectivity index is 2.37. The van der Waals surface area contributed by atoms with Crippen LogP contribution in [0.1, 0.15) is 105 Å². The fraction of sp³-hybridized carbons (Fsp3) is 0.955. The number of carbonyl (C=O) groups excluding carboxylic acids is 1. The van der Waals surface area contributed by atoms with Gasteiger partial charge in [0.1, 0.15) is 0 Å². The second-order valence-corrected chi connectivity index (χ2v) is 9.36. The van der Waals surface area contributed by atoms with E-state index in [-0.39, 0.29) is 23.6 Å². The lowest BCUT2D eigenvalue weighted by atomic mass is 9.92. The molecule has 0 aliphatic heterocycles. The summed E-state index contributed by atoms with van der Waals surface area (Å²) in [6.07, 6.45) is 13.7. The predicted octanol–water partition coefficient (Wildman–Crippen LogP) is 5.49. The van der Waals surface area contributed by atoms with Gasteiger partial charge in [-0.3, -0.25) is 0 Å². The number of unbranched alkanes of at least 4 members (excludes halogenated alkanes) is 7. The van der Waals surface area contributed by atoms with E-state index in [9.17, 15) is 9.90 Å². The zero-order valence-corrected chi connectivity index (χ0v) is 17.9. The molecule has 1 aliphatic carbocycles. The summed E-state index contributed by atoms with van der Waals surface area (Å²) in [6, 6.07) is -0.0638. The van der Waals surface area contributed by atoms with Gasteiger partial charge >= 0.3 is 6.03 Å². The molecule has 4 heteroatoms. The van der Waals surface area contributed by atoms with Crippen LogP contribution in [0.5, 0.6) is 0 Å². The summed E-state index contributed by atoms with van der Waals surface area (Å²) in [5.41, 5.74) is 0.0860. The van der Waals surface area contributed by atoms with Crippen molar-refractivity contribution >= 4 is 6.03 Å². The van der Waals surface area contributed by atoms with Gasteiger partial charge in [-0.1, -0.05) is 85.5 Å². The summed E-state index contributed by atoms with van der Waals surface area (Å²) < 4.78 is 0. The molecule has 0 spiro atoms. The summed E-state index contributed by atoms with van der Waals surface area (Å²) in [5.74, 6) is 0. The van der Waals surface area contributed by atoms with Gasteiger partial charge in [0.2, 0.25) is 0 Å². The number of hydrogen-bond donors (Lipinski definition) is 2. The van der Waals surface area contributed by atoms with Crippen molar-refractivity contribution in [2.45, 2.75) is 117 Å². The maximum atomic E-state index is 12.8. The Morgan fingerprint density at radius 2 is 1.58 bits per heavy atom. The van der Waals surface area contributed by atoms with Crippen LogP contribution < -0.4 is 5.32 Å². The Bertz CT molecular complexity index is 379. The Labute approximate surface area is 162 Å². The molecule has 0 aromatic carbocycles. The highest BCUT2D eigenvalue weighted by Gasteiger charge is 2.27.